The predicted molar refractivity (Wildman–Crippen MR) is 98.5 cm³/mol. The second-order valence-corrected chi connectivity index (χ2v) is 6.81. The Hall–Kier alpha value is -2.18. The number of halogens is 2. The number of hydrogen-bond acceptors (Lipinski definition) is 3. The molecule has 25 heavy (non-hydrogen) atoms. The van der Waals surface area contributed by atoms with E-state index >= 15 is 0 Å². The predicted octanol–water partition coefficient (Wildman–Crippen LogP) is 3.74. The van der Waals surface area contributed by atoms with E-state index in [0.717, 1.165) is 11.1 Å². The minimum atomic E-state index is -0.250. The quantitative estimate of drug-likeness (QED) is 0.723. The summed E-state index contributed by atoms with van der Waals surface area (Å²) in [7, 11) is 0. The summed E-state index contributed by atoms with van der Waals surface area (Å²) < 4.78 is 18.2. The molecule has 0 atom stereocenters. The fourth-order valence-electron chi connectivity index (χ4n) is 2.45. The van der Waals surface area contributed by atoms with Gasteiger partial charge in [0.05, 0.1) is 13.1 Å². The van der Waals surface area contributed by atoms with Crippen LogP contribution in [0.3, 0.4) is 0 Å². The minimum Gasteiger partial charge on any atom is -0.264 e. The Labute approximate surface area is 153 Å². The number of hydrogen-bond donors (Lipinski definition) is 1. The molecule has 1 N–H and O–H groups in total. The summed E-state index contributed by atoms with van der Waals surface area (Å²) in [4.78, 5) is 17.1. The molecule has 1 heterocycles. The Balaban J connectivity index is 1.86. The molecule has 0 radical (unpaired) electrons. The van der Waals surface area contributed by atoms with Crippen LogP contribution >= 0.6 is 23.1 Å². The van der Waals surface area contributed by atoms with Crippen molar-refractivity contribution in [3.8, 4) is 0 Å². The van der Waals surface area contributed by atoms with Gasteiger partial charge in [-0.1, -0.05) is 42.8 Å². The fourth-order valence-corrected chi connectivity index (χ4v) is 3.25. The minimum absolute atomic E-state index is 0.244. The van der Waals surface area contributed by atoms with Crippen molar-refractivity contribution in [2.75, 3.05) is 0 Å². The van der Waals surface area contributed by atoms with E-state index < -0.39 is 0 Å². The number of aryl methyl sites for hydroxylation is 1. The number of rotatable bonds is 5. The third kappa shape index (κ3) is 4.27. The third-order valence-corrected chi connectivity index (χ3v) is 4.92. The van der Waals surface area contributed by atoms with Gasteiger partial charge in [-0.25, -0.2) is 9.18 Å². The van der Waals surface area contributed by atoms with Crippen molar-refractivity contribution >= 4 is 23.1 Å². The van der Waals surface area contributed by atoms with Crippen LogP contribution in [0.5, 0.6) is 0 Å². The zero-order valence-electron chi connectivity index (χ0n) is 13.6. The van der Waals surface area contributed by atoms with E-state index in [1.54, 1.807) is 18.2 Å². The van der Waals surface area contributed by atoms with Crippen LogP contribution < -0.4 is 10.5 Å². The Morgan fingerprint density at radius 1 is 1.20 bits per heavy atom. The van der Waals surface area contributed by atoms with Gasteiger partial charge in [0.2, 0.25) is 4.80 Å². The standard InChI is InChI=1S/C18H17ClFN3OS/c1-2-14-6-3-13(9-16(14)20)11-23-17(24)22-25-18(23)21-10-12-4-7-15(19)8-5-12/h3-9H,2,10-11H2,1H3,(H,22,24). The smallest absolute Gasteiger partial charge is 0.264 e. The van der Waals surface area contributed by atoms with E-state index in [0.29, 0.717) is 28.4 Å². The van der Waals surface area contributed by atoms with Gasteiger partial charge in [-0.2, -0.15) is 0 Å². The maximum atomic E-state index is 14.0. The maximum absolute atomic E-state index is 14.0. The normalized spacial score (nSPS) is 11.9. The Bertz CT molecular complexity index is 989. The highest BCUT2D eigenvalue weighted by Crippen LogP contribution is 2.12. The molecule has 0 bridgehead atoms. The van der Waals surface area contributed by atoms with E-state index in [-0.39, 0.29) is 18.1 Å². The van der Waals surface area contributed by atoms with Crippen LogP contribution in [0.25, 0.3) is 0 Å². The second kappa shape index (κ2) is 7.80. The number of nitrogens with zero attached hydrogens (tertiary/aromatic N) is 2. The molecule has 0 spiro atoms. The first-order valence-corrected chi connectivity index (χ1v) is 9.07. The Kier molecular flexibility index (Phi) is 5.50. The molecule has 2 aromatic carbocycles. The monoisotopic (exact) mass is 377 g/mol. The highest BCUT2D eigenvalue weighted by atomic mass is 35.5. The SMILES string of the molecule is CCc1ccc(Cn2c(=O)[nH]sc2=NCc2ccc(Cl)cc2)cc1F. The maximum Gasteiger partial charge on any atom is 0.337 e. The lowest BCUT2D eigenvalue weighted by atomic mass is 10.1. The molecule has 0 unspecified atom stereocenters. The lowest BCUT2D eigenvalue weighted by Crippen LogP contribution is -2.27. The van der Waals surface area contributed by atoms with Crippen molar-refractivity contribution in [3.63, 3.8) is 0 Å². The van der Waals surface area contributed by atoms with Crippen molar-refractivity contribution < 1.29 is 4.39 Å². The molecule has 3 rings (SSSR count). The number of aromatic amines is 1. The van der Waals surface area contributed by atoms with Gasteiger partial charge in [-0.05, 0) is 52.8 Å². The van der Waals surface area contributed by atoms with E-state index in [1.807, 2.05) is 25.1 Å². The number of aromatic nitrogens is 2. The molecule has 3 aromatic rings. The van der Waals surface area contributed by atoms with Crippen LogP contribution in [0.1, 0.15) is 23.6 Å². The molecule has 4 nitrogen and oxygen atoms in total. The lowest BCUT2D eigenvalue weighted by molar-refractivity contribution is 0.606. The zero-order chi connectivity index (χ0) is 17.8. The van der Waals surface area contributed by atoms with Crippen LogP contribution in [0, 0.1) is 5.82 Å². The van der Waals surface area contributed by atoms with Crippen molar-refractivity contribution in [3.05, 3.63) is 85.3 Å². The molecule has 1 aromatic heterocycles. The molecule has 7 heteroatoms. The van der Waals surface area contributed by atoms with Gasteiger partial charge >= 0.3 is 5.69 Å². The van der Waals surface area contributed by atoms with Gasteiger partial charge in [-0.3, -0.25) is 13.9 Å². The van der Waals surface area contributed by atoms with E-state index in [4.69, 9.17) is 11.6 Å². The summed E-state index contributed by atoms with van der Waals surface area (Å²) in [6, 6.07) is 12.5. The molecule has 0 fully saturated rings. The van der Waals surface area contributed by atoms with Gasteiger partial charge in [0.1, 0.15) is 5.82 Å². The molecular formula is C18H17ClFN3OS. The number of nitrogens with one attached hydrogen (secondary N) is 1. The van der Waals surface area contributed by atoms with Crippen molar-refractivity contribution in [1.29, 1.82) is 0 Å². The molecule has 0 aliphatic heterocycles. The molecule has 130 valence electrons. The third-order valence-electron chi connectivity index (χ3n) is 3.85. The van der Waals surface area contributed by atoms with Gasteiger partial charge in [0.25, 0.3) is 0 Å². The summed E-state index contributed by atoms with van der Waals surface area (Å²) in [5.41, 5.74) is 2.14. The van der Waals surface area contributed by atoms with Crippen LogP contribution in [0.15, 0.2) is 52.3 Å². The van der Waals surface area contributed by atoms with E-state index in [1.165, 1.54) is 22.2 Å². The number of H-pyrrole nitrogens is 1. The Morgan fingerprint density at radius 2 is 1.92 bits per heavy atom. The first-order valence-electron chi connectivity index (χ1n) is 7.87. The van der Waals surface area contributed by atoms with Crippen molar-refractivity contribution in [2.24, 2.45) is 4.99 Å². The topological polar surface area (TPSA) is 50.1 Å². The van der Waals surface area contributed by atoms with Crippen LogP contribution in [-0.2, 0) is 19.5 Å². The second-order valence-electron chi connectivity index (χ2n) is 5.60. The summed E-state index contributed by atoms with van der Waals surface area (Å²) in [6.07, 6.45) is 0.639. The average molecular weight is 378 g/mol. The van der Waals surface area contributed by atoms with Gasteiger partial charge in [0, 0.05) is 5.02 Å². The van der Waals surface area contributed by atoms with Crippen LogP contribution in [0.2, 0.25) is 5.02 Å². The molecular weight excluding hydrogens is 361 g/mol. The zero-order valence-corrected chi connectivity index (χ0v) is 15.2. The molecule has 0 saturated carbocycles. The Morgan fingerprint density at radius 3 is 2.60 bits per heavy atom. The van der Waals surface area contributed by atoms with Crippen molar-refractivity contribution in [2.45, 2.75) is 26.4 Å². The largest absolute Gasteiger partial charge is 0.337 e. The first-order chi connectivity index (χ1) is 12.1. The molecule has 0 saturated heterocycles. The number of benzene rings is 2. The van der Waals surface area contributed by atoms with Crippen LogP contribution in [0.4, 0.5) is 4.39 Å². The molecule has 0 amide bonds. The highest BCUT2D eigenvalue weighted by Gasteiger charge is 2.07. The van der Waals surface area contributed by atoms with Crippen molar-refractivity contribution in [1.82, 2.24) is 8.94 Å². The first kappa shape index (κ1) is 17.6. The highest BCUT2D eigenvalue weighted by molar-refractivity contribution is 7.02. The van der Waals surface area contributed by atoms with Gasteiger partial charge in [0.15, 0.2) is 0 Å². The fraction of sp³-hybridized carbons (Fsp3) is 0.222. The van der Waals surface area contributed by atoms with E-state index in [2.05, 4.69) is 9.37 Å². The lowest BCUT2D eigenvalue weighted by Gasteiger charge is -2.05. The summed E-state index contributed by atoms with van der Waals surface area (Å²) >= 11 is 7.04. The summed E-state index contributed by atoms with van der Waals surface area (Å²) in [5, 5.41) is 0.669. The van der Waals surface area contributed by atoms with Gasteiger partial charge in [-0.15, -0.1) is 0 Å². The molecule has 0 aliphatic rings. The van der Waals surface area contributed by atoms with Gasteiger partial charge < -0.3 is 0 Å². The average Bonchev–Trinajstić information content (AvgIpc) is 2.95. The van der Waals surface area contributed by atoms with Crippen LogP contribution in [-0.4, -0.2) is 8.94 Å². The van der Waals surface area contributed by atoms with E-state index in [9.17, 15) is 9.18 Å². The summed E-state index contributed by atoms with van der Waals surface area (Å²) in [5.74, 6) is -0.244. The summed E-state index contributed by atoms with van der Waals surface area (Å²) in [6.45, 7) is 2.62. The molecule has 0 aliphatic carbocycles.